The molecule has 1 aliphatic carbocycles. The van der Waals surface area contributed by atoms with Crippen molar-refractivity contribution >= 4 is 5.91 Å². The van der Waals surface area contributed by atoms with Crippen LogP contribution in [0.2, 0.25) is 0 Å². The van der Waals surface area contributed by atoms with Gasteiger partial charge in [-0.15, -0.1) is 0 Å². The molecular formula is C23H32N4O. The number of benzene rings is 1. The molecule has 1 atom stereocenters. The van der Waals surface area contributed by atoms with E-state index in [4.69, 9.17) is 0 Å². The van der Waals surface area contributed by atoms with Crippen LogP contribution in [0.3, 0.4) is 0 Å². The molecule has 1 N–H and O–H groups in total. The molecule has 1 saturated carbocycles. The fourth-order valence-corrected chi connectivity index (χ4v) is 4.71. The SMILES string of the molecule is Cn1cc(CN(C(=O)c2ccc(C3CCCNC3)cc2)C2CCCCC2)cn1. The molecule has 28 heavy (non-hydrogen) atoms. The first-order valence-corrected chi connectivity index (χ1v) is 10.8. The van der Waals surface area contributed by atoms with Gasteiger partial charge in [0.2, 0.25) is 0 Å². The third-order valence-electron chi connectivity index (χ3n) is 6.31. The molecule has 1 aromatic carbocycles. The highest BCUT2D eigenvalue weighted by Crippen LogP contribution is 2.27. The van der Waals surface area contributed by atoms with Crippen molar-refractivity contribution in [1.29, 1.82) is 0 Å². The molecule has 1 aromatic heterocycles. The molecule has 2 aromatic rings. The predicted molar refractivity (Wildman–Crippen MR) is 111 cm³/mol. The molecule has 1 amide bonds. The number of hydrogen-bond acceptors (Lipinski definition) is 3. The smallest absolute Gasteiger partial charge is 0.254 e. The van der Waals surface area contributed by atoms with Gasteiger partial charge >= 0.3 is 0 Å². The fourth-order valence-electron chi connectivity index (χ4n) is 4.71. The largest absolute Gasteiger partial charge is 0.331 e. The van der Waals surface area contributed by atoms with E-state index < -0.39 is 0 Å². The number of nitrogens with zero attached hydrogens (tertiary/aromatic N) is 3. The minimum absolute atomic E-state index is 0.157. The lowest BCUT2D eigenvalue weighted by Gasteiger charge is -2.34. The van der Waals surface area contributed by atoms with Gasteiger partial charge in [-0.1, -0.05) is 31.4 Å². The maximum absolute atomic E-state index is 13.4. The van der Waals surface area contributed by atoms with E-state index in [0.29, 0.717) is 18.5 Å². The fraction of sp³-hybridized carbons (Fsp3) is 0.565. The zero-order chi connectivity index (χ0) is 19.3. The first-order chi connectivity index (χ1) is 13.7. The van der Waals surface area contributed by atoms with Crippen molar-refractivity contribution in [2.45, 2.75) is 63.5 Å². The quantitative estimate of drug-likeness (QED) is 0.857. The van der Waals surface area contributed by atoms with Crippen LogP contribution in [-0.2, 0) is 13.6 Å². The van der Waals surface area contributed by atoms with Gasteiger partial charge in [-0.2, -0.15) is 5.10 Å². The Labute approximate surface area is 168 Å². The van der Waals surface area contributed by atoms with E-state index in [1.165, 1.54) is 37.7 Å². The van der Waals surface area contributed by atoms with Crippen molar-refractivity contribution in [3.8, 4) is 0 Å². The van der Waals surface area contributed by atoms with Gasteiger partial charge in [0, 0.05) is 43.5 Å². The van der Waals surface area contributed by atoms with E-state index in [1.807, 2.05) is 36.3 Å². The normalized spacial score (nSPS) is 20.8. The van der Waals surface area contributed by atoms with Gasteiger partial charge in [0.05, 0.1) is 6.20 Å². The Morgan fingerprint density at radius 2 is 1.93 bits per heavy atom. The second kappa shape index (κ2) is 8.91. The van der Waals surface area contributed by atoms with Crippen LogP contribution >= 0.6 is 0 Å². The standard InChI is InChI=1S/C23H32N4O/c1-26-16-18(14-25-26)17-27(22-7-3-2-4-8-22)23(28)20-11-9-19(10-12-20)21-6-5-13-24-15-21/h9-12,14,16,21-22,24H,2-8,13,15,17H2,1H3. The lowest BCUT2D eigenvalue weighted by molar-refractivity contribution is 0.0614. The summed E-state index contributed by atoms with van der Waals surface area (Å²) < 4.78 is 1.81. The molecular weight excluding hydrogens is 348 g/mol. The highest BCUT2D eigenvalue weighted by molar-refractivity contribution is 5.94. The topological polar surface area (TPSA) is 50.2 Å². The van der Waals surface area contributed by atoms with Crippen molar-refractivity contribution in [3.05, 3.63) is 53.3 Å². The molecule has 5 nitrogen and oxygen atoms in total. The molecule has 0 bridgehead atoms. The zero-order valence-electron chi connectivity index (χ0n) is 16.9. The van der Waals surface area contributed by atoms with E-state index in [2.05, 4.69) is 27.4 Å². The number of aromatic nitrogens is 2. The summed E-state index contributed by atoms with van der Waals surface area (Å²) in [6, 6.07) is 8.72. The maximum Gasteiger partial charge on any atom is 0.254 e. The molecule has 4 rings (SSSR count). The molecule has 1 saturated heterocycles. The summed E-state index contributed by atoms with van der Waals surface area (Å²) in [5.41, 5.74) is 3.26. The van der Waals surface area contributed by atoms with Crippen LogP contribution in [0.4, 0.5) is 0 Å². The van der Waals surface area contributed by atoms with Crippen LogP contribution in [-0.4, -0.2) is 39.7 Å². The molecule has 0 spiro atoms. The molecule has 150 valence electrons. The van der Waals surface area contributed by atoms with Crippen molar-refractivity contribution in [3.63, 3.8) is 0 Å². The van der Waals surface area contributed by atoms with Gasteiger partial charge in [-0.05, 0) is 55.8 Å². The Morgan fingerprint density at radius 1 is 1.14 bits per heavy atom. The number of carbonyl (C=O) groups is 1. The van der Waals surface area contributed by atoms with Crippen molar-refractivity contribution < 1.29 is 4.79 Å². The summed E-state index contributed by atoms with van der Waals surface area (Å²) in [5.74, 6) is 0.729. The molecule has 2 heterocycles. The number of aryl methyl sites for hydroxylation is 1. The Kier molecular flexibility index (Phi) is 6.10. The van der Waals surface area contributed by atoms with Crippen molar-refractivity contribution in [2.24, 2.45) is 7.05 Å². The summed E-state index contributed by atoms with van der Waals surface area (Å²) >= 11 is 0. The first-order valence-electron chi connectivity index (χ1n) is 10.8. The number of amides is 1. The van der Waals surface area contributed by atoms with Gasteiger partial charge in [-0.3, -0.25) is 9.48 Å². The third kappa shape index (κ3) is 4.46. The lowest BCUT2D eigenvalue weighted by atomic mass is 9.90. The van der Waals surface area contributed by atoms with Crippen LogP contribution in [0, 0.1) is 0 Å². The summed E-state index contributed by atoms with van der Waals surface area (Å²) in [5, 5.41) is 7.76. The molecule has 0 radical (unpaired) electrons. The summed E-state index contributed by atoms with van der Waals surface area (Å²) in [7, 11) is 1.93. The van der Waals surface area contributed by atoms with Crippen LogP contribution in [0.15, 0.2) is 36.7 Å². The molecule has 1 aliphatic heterocycles. The van der Waals surface area contributed by atoms with Gasteiger partial charge in [0.1, 0.15) is 0 Å². The lowest BCUT2D eigenvalue weighted by Crippen LogP contribution is -2.41. The second-order valence-electron chi connectivity index (χ2n) is 8.41. The minimum atomic E-state index is 0.157. The number of nitrogens with one attached hydrogen (secondary N) is 1. The van der Waals surface area contributed by atoms with Crippen LogP contribution in [0.5, 0.6) is 0 Å². The highest BCUT2D eigenvalue weighted by atomic mass is 16.2. The molecule has 2 aliphatic rings. The average molecular weight is 381 g/mol. The summed E-state index contributed by atoms with van der Waals surface area (Å²) in [6.45, 7) is 2.81. The first kappa shape index (κ1) is 19.2. The van der Waals surface area contributed by atoms with Gasteiger partial charge in [-0.25, -0.2) is 0 Å². The summed E-state index contributed by atoms with van der Waals surface area (Å²) in [4.78, 5) is 15.5. The number of piperidine rings is 1. The van der Waals surface area contributed by atoms with E-state index in [0.717, 1.165) is 37.1 Å². The molecule has 1 unspecified atom stereocenters. The van der Waals surface area contributed by atoms with Gasteiger partial charge in [0.25, 0.3) is 5.91 Å². The average Bonchev–Trinajstić information content (AvgIpc) is 3.18. The number of carbonyl (C=O) groups excluding carboxylic acids is 1. The van der Waals surface area contributed by atoms with Gasteiger partial charge in [0.15, 0.2) is 0 Å². The summed E-state index contributed by atoms with van der Waals surface area (Å²) in [6.07, 6.45) is 12.3. The molecule has 2 fully saturated rings. The number of hydrogen-bond donors (Lipinski definition) is 1. The Hall–Kier alpha value is -2.14. The van der Waals surface area contributed by atoms with E-state index in [-0.39, 0.29) is 5.91 Å². The van der Waals surface area contributed by atoms with Gasteiger partial charge < -0.3 is 10.2 Å². The van der Waals surface area contributed by atoms with E-state index in [1.54, 1.807) is 0 Å². The Morgan fingerprint density at radius 3 is 2.57 bits per heavy atom. The van der Waals surface area contributed by atoms with Crippen molar-refractivity contribution in [1.82, 2.24) is 20.0 Å². The van der Waals surface area contributed by atoms with E-state index >= 15 is 0 Å². The van der Waals surface area contributed by atoms with Crippen LogP contribution in [0.1, 0.15) is 72.3 Å². The number of rotatable bonds is 5. The Balaban J connectivity index is 1.51. The minimum Gasteiger partial charge on any atom is -0.331 e. The zero-order valence-corrected chi connectivity index (χ0v) is 16.9. The third-order valence-corrected chi connectivity index (χ3v) is 6.31. The molecule has 5 heteroatoms. The predicted octanol–water partition coefficient (Wildman–Crippen LogP) is 3.86. The van der Waals surface area contributed by atoms with Crippen LogP contribution < -0.4 is 5.32 Å². The van der Waals surface area contributed by atoms with E-state index in [9.17, 15) is 4.79 Å². The highest BCUT2D eigenvalue weighted by Gasteiger charge is 2.27. The van der Waals surface area contributed by atoms with Crippen LogP contribution in [0.25, 0.3) is 0 Å². The monoisotopic (exact) mass is 380 g/mol. The second-order valence-corrected chi connectivity index (χ2v) is 8.41. The van der Waals surface area contributed by atoms with Crippen molar-refractivity contribution in [2.75, 3.05) is 13.1 Å². The Bertz CT molecular complexity index is 770. The maximum atomic E-state index is 13.4.